The van der Waals surface area contributed by atoms with E-state index in [1.165, 1.54) is 0 Å². The van der Waals surface area contributed by atoms with Gasteiger partial charge in [0.2, 0.25) is 0 Å². The minimum Gasteiger partial charge on any atom is -0.396 e. The van der Waals surface area contributed by atoms with Crippen molar-refractivity contribution in [2.45, 2.75) is 39.2 Å². The summed E-state index contributed by atoms with van der Waals surface area (Å²) in [5.41, 5.74) is 7.21. The summed E-state index contributed by atoms with van der Waals surface area (Å²) in [6.07, 6.45) is 2.28. The molecule has 3 heteroatoms. The lowest BCUT2D eigenvalue weighted by molar-refractivity contribution is -0.122. The van der Waals surface area contributed by atoms with E-state index in [1.807, 2.05) is 30.3 Å². The van der Waals surface area contributed by atoms with Gasteiger partial charge in [-0.25, -0.2) is 0 Å². The fraction of sp³-hybridized carbons (Fsp3) is 0.588. The van der Waals surface area contributed by atoms with Gasteiger partial charge in [-0.2, -0.15) is 0 Å². The molecule has 1 aliphatic carbocycles. The van der Waals surface area contributed by atoms with Crippen LogP contribution in [0.1, 0.15) is 32.3 Å². The molecule has 0 saturated heterocycles. The van der Waals surface area contributed by atoms with E-state index >= 15 is 0 Å². The molecule has 1 aromatic rings. The van der Waals surface area contributed by atoms with Crippen molar-refractivity contribution in [3.05, 3.63) is 35.9 Å². The Morgan fingerprint density at radius 2 is 2.05 bits per heavy atom. The third kappa shape index (κ3) is 3.47. The van der Waals surface area contributed by atoms with Crippen LogP contribution in [0, 0.1) is 17.3 Å². The second-order valence-corrected chi connectivity index (χ2v) is 6.61. The van der Waals surface area contributed by atoms with Crippen molar-refractivity contribution in [2.24, 2.45) is 23.0 Å². The third-order valence-electron chi connectivity index (χ3n) is 4.58. The second kappa shape index (κ2) is 6.06. The number of carbonyl (C=O) groups is 1. The molecule has 0 spiro atoms. The highest BCUT2D eigenvalue weighted by Crippen LogP contribution is 2.53. The van der Waals surface area contributed by atoms with Crippen molar-refractivity contribution in [1.82, 2.24) is 0 Å². The number of benzene rings is 1. The van der Waals surface area contributed by atoms with Gasteiger partial charge in [-0.15, -0.1) is 0 Å². The molecule has 3 atom stereocenters. The first kappa shape index (κ1) is 15.2. The van der Waals surface area contributed by atoms with Crippen LogP contribution in [0.4, 0.5) is 0 Å². The van der Waals surface area contributed by atoms with Gasteiger partial charge in [-0.1, -0.05) is 44.2 Å². The summed E-state index contributed by atoms with van der Waals surface area (Å²) in [5, 5.41) is 9.10. The molecule has 110 valence electrons. The molecule has 0 amide bonds. The Hall–Kier alpha value is -1.19. The zero-order chi connectivity index (χ0) is 14.8. The lowest BCUT2D eigenvalue weighted by Gasteiger charge is -2.24. The first-order valence-electron chi connectivity index (χ1n) is 7.40. The predicted molar refractivity (Wildman–Crippen MR) is 80.2 cm³/mol. The number of aliphatic hydroxyl groups excluding tert-OH is 1. The first-order chi connectivity index (χ1) is 9.45. The van der Waals surface area contributed by atoms with Gasteiger partial charge in [0.15, 0.2) is 5.78 Å². The summed E-state index contributed by atoms with van der Waals surface area (Å²) in [4.78, 5) is 12.4. The van der Waals surface area contributed by atoms with Crippen LogP contribution in [0.2, 0.25) is 0 Å². The van der Waals surface area contributed by atoms with Gasteiger partial charge in [0.1, 0.15) is 0 Å². The Morgan fingerprint density at radius 1 is 1.40 bits per heavy atom. The van der Waals surface area contributed by atoms with Crippen LogP contribution in [0.15, 0.2) is 30.3 Å². The normalized spacial score (nSPS) is 23.4. The van der Waals surface area contributed by atoms with E-state index < -0.39 is 6.04 Å². The lowest BCUT2D eigenvalue weighted by atomic mass is 9.82. The van der Waals surface area contributed by atoms with Crippen molar-refractivity contribution in [3.63, 3.8) is 0 Å². The highest BCUT2D eigenvalue weighted by atomic mass is 16.3. The minimum atomic E-state index is -0.405. The summed E-state index contributed by atoms with van der Waals surface area (Å²) < 4.78 is 0. The zero-order valence-electron chi connectivity index (χ0n) is 12.4. The molecular formula is C17H25NO2. The fourth-order valence-corrected chi connectivity index (χ4v) is 3.09. The molecule has 1 saturated carbocycles. The molecular weight excluding hydrogens is 250 g/mol. The highest BCUT2D eigenvalue weighted by Gasteiger charge is 2.51. The van der Waals surface area contributed by atoms with Crippen LogP contribution < -0.4 is 5.73 Å². The fourth-order valence-electron chi connectivity index (χ4n) is 3.09. The first-order valence-corrected chi connectivity index (χ1v) is 7.40. The maximum atomic E-state index is 12.4. The summed E-state index contributed by atoms with van der Waals surface area (Å²) >= 11 is 0. The van der Waals surface area contributed by atoms with Crippen LogP contribution in [0.5, 0.6) is 0 Å². The molecule has 0 heterocycles. The van der Waals surface area contributed by atoms with Crippen molar-refractivity contribution in [3.8, 4) is 0 Å². The van der Waals surface area contributed by atoms with Gasteiger partial charge in [-0.05, 0) is 36.2 Å². The molecule has 1 aliphatic rings. The minimum absolute atomic E-state index is 0.0293. The lowest BCUT2D eigenvalue weighted by Crippen LogP contribution is -2.35. The molecule has 2 rings (SSSR count). The van der Waals surface area contributed by atoms with E-state index in [9.17, 15) is 4.79 Å². The number of nitrogens with two attached hydrogens (primary N) is 1. The van der Waals surface area contributed by atoms with E-state index in [2.05, 4.69) is 13.8 Å². The predicted octanol–water partition coefficient (Wildman–Crippen LogP) is 2.17. The van der Waals surface area contributed by atoms with E-state index in [0.717, 1.165) is 18.4 Å². The number of ketones is 1. The van der Waals surface area contributed by atoms with E-state index in [1.54, 1.807) is 0 Å². The van der Waals surface area contributed by atoms with Crippen molar-refractivity contribution in [2.75, 3.05) is 6.61 Å². The van der Waals surface area contributed by atoms with Gasteiger partial charge in [-0.3, -0.25) is 4.79 Å². The average Bonchev–Trinajstić information content (AvgIpc) is 3.20. The smallest absolute Gasteiger partial charge is 0.153 e. The van der Waals surface area contributed by atoms with Gasteiger partial charge >= 0.3 is 0 Å². The quantitative estimate of drug-likeness (QED) is 0.801. The molecule has 0 radical (unpaired) electrons. The molecule has 0 bridgehead atoms. The molecule has 3 nitrogen and oxygen atoms in total. The van der Waals surface area contributed by atoms with E-state index in [0.29, 0.717) is 12.3 Å². The monoisotopic (exact) mass is 275 g/mol. The van der Waals surface area contributed by atoms with Crippen molar-refractivity contribution in [1.29, 1.82) is 0 Å². The summed E-state index contributed by atoms with van der Waals surface area (Å²) in [5.74, 6) is 0.657. The summed E-state index contributed by atoms with van der Waals surface area (Å²) in [7, 11) is 0. The van der Waals surface area contributed by atoms with Crippen molar-refractivity contribution < 1.29 is 9.90 Å². The Labute approximate surface area is 121 Å². The maximum absolute atomic E-state index is 12.4. The average molecular weight is 275 g/mol. The van der Waals surface area contributed by atoms with Gasteiger partial charge in [0.05, 0.1) is 6.04 Å². The Morgan fingerprint density at radius 3 is 2.65 bits per heavy atom. The summed E-state index contributed by atoms with van der Waals surface area (Å²) in [6, 6.07) is 9.51. The number of aliphatic hydroxyl groups is 1. The van der Waals surface area contributed by atoms with E-state index in [-0.39, 0.29) is 23.7 Å². The molecule has 3 N–H and O–H groups in total. The Bertz CT molecular complexity index is 455. The standard InChI is InChI=1S/C17H25NO2/c1-17(2,8-9-19)14-11-13(14)16(20)15(18)10-12-6-4-3-5-7-12/h3-7,13-15,19H,8-11,18H2,1-2H3. The van der Waals surface area contributed by atoms with Crippen LogP contribution in [0.3, 0.4) is 0 Å². The van der Waals surface area contributed by atoms with Crippen LogP contribution in [-0.4, -0.2) is 23.5 Å². The van der Waals surface area contributed by atoms with Crippen molar-refractivity contribution >= 4 is 5.78 Å². The zero-order valence-corrected chi connectivity index (χ0v) is 12.4. The maximum Gasteiger partial charge on any atom is 0.153 e. The summed E-state index contributed by atoms with van der Waals surface area (Å²) in [6.45, 7) is 4.44. The SMILES string of the molecule is CC(C)(CCO)C1CC1C(=O)C(N)Cc1ccccc1. The van der Waals surface area contributed by atoms with Gasteiger partial charge in [0, 0.05) is 12.5 Å². The molecule has 0 aliphatic heterocycles. The highest BCUT2D eigenvalue weighted by molar-refractivity contribution is 5.88. The van der Waals surface area contributed by atoms with Crippen LogP contribution in [-0.2, 0) is 11.2 Å². The third-order valence-corrected chi connectivity index (χ3v) is 4.58. The number of Topliss-reactive ketones (excluding diaryl/α,β-unsaturated/α-hetero) is 1. The number of hydrogen-bond acceptors (Lipinski definition) is 3. The number of hydrogen-bond donors (Lipinski definition) is 2. The molecule has 3 unspecified atom stereocenters. The number of rotatable bonds is 7. The molecule has 0 aromatic heterocycles. The molecule has 1 fully saturated rings. The Kier molecular flexibility index (Phi) is 4.61. The van der Waals surface area contributed by atoms with Crippen LogP contribution >= 0.6 is 0 Å². The topological polar surface area (TPSA) is 63.3 Å². The van der Waals surface area contributed by atoms with Crippen LogP contribution in [0.25, 0.3) is 0 Å². The Balaban J connectivity index is 1.90. The number of carbonyl (C=O) groups excluding carboxylic acids is 1. The van der Waals surface area contributed by atoms with E-state index in [4.69, 9.17) is 10.8 Å². The van der Waals surface area contributed by atoms with Gasteiger partial charge < -0.3 is 10.8 Å². The van der Waals surface area contributed by atoms with Gasteiger partial charge in [0.25, 0.3) is 0 Å². The largest absolute Gasteiger partial charge is 0.396 e. The molecule has 1 aromatic carbocycles. The molecule has 20 heavy (non-hydrogen) atoms. The second-order valence-electron chi connectivity index (χ2n) is 6.61.